The lowest BCUT2D eigenvalue weighted by atomic mass is 10.0. The Labute approximate surface area is 96.8 Å². The van der Waals surface area contributed by atoms with E-state index in [1.807, 2.05) is 10.9 Å². The van der Waals surface area contributed by atoms with Gasteiger partial charge in [0.25, 0.3) is 0 Å². The molecule has 1 aromatic rings. The third-order valence-electron chi connectivity index (χ3n) is 3.07. The Morgan fingerprint density at radius 1 is 1.69 bits per heavy atom. The maximum atomic E-state index is 6.15. The number of nitrogens with two attached hydrogens (primary N) is 1. The van der Waals surface area contributed by atoms with E-state index in [1.165, 1.54) is 6.42 Å². The summed E-state index contributed by atoms with van der Waals surface area (Å²) in [6.07, 6.45) is 8.63. The van der Waals surface area contributed by atoms with E-state index in [2.05, 4.69) is 18.2 Å². The molecule has 16 heavy (non-hydrogen) atoms. The van der Waals surface area contributed by atoms with Crippen LogP contribution in [-0.4, -0.2) is 22.5 Å². The molecule has 90 valence electrons. The highest BCUT2D eigenvalue weighted by Gasteiger charge is 2.20. The third kappa shape index (κ3) is 2.83. The van der Waals surface area contributed by atoms with Gasteiger partial charge < -0.3 is 10.5 Å². The molecule has 0 aliphatic carbocycles. The van der Waals surface area contributed by atoms with E-state index >= 15 is 0 Å². The Morgan fingerprint density at radius 3 is 3.25 bits per heavy atom. The van der Waals surface area contributed by atoms with Crippen LogP contribution in [-0.2, 0) is 11.3 Å². The van der Waals surface area contributed by atoms with Crippen LogP contribution in [0.1, 0.15) is 44.2 Å². The van der Waals surface area contributed by atoms with Gasteiger partial charge in [0.15, 0.2) is 0 Å². The maximum absolute atomic E-state index is 6.15. The van der Waals surface area contributed by atoms with Crippen LogP contribution in [0.4, 0.5) is 0 Å². The SMILES string of the molecule is CCCn1cc(C(N)CC2CCCO2)cn1. The summed E-state index contributed by atoms with van der Waals surface area (Å²) < 4.78 is 7.56. The maximum Gasteiger partial charge on any atom is 0.0594 e. The molecular formula is C12H21N3O. The third-order valence-corrected chi connectivity index (χ3v) is 3.07. The van der Waals surface area contributed by atoms with E-state index in [9.17, 15) is 0 Å². The molecule has 1 saturated heterocycles. The molecule has 2 heterocycles. The van der Waals surface area contributed by atoms with Gasteiger partial charge in [-0.1, -0.05) is 6.92 Å². The van der Waals surface area contributed by atoms with Crippen LogP contribution in [0.5, 0.6) is 0 Å². The fourth-order valence-corrected chi connectivity index (χ4v) is 2.17. The smallest absolute Gasteiger partial charge is 0.0594 e. The zero-order chi connectivity index (χ0) is 11.4. The van der Waals surface area contributed by atoms with Crippen molar-refractivity contribution in [1.82, 2.24) is 9.78 Å². The molecular weight excluding hydrogens is 202 g/mol. The number of hydrogen-bond acceptors (Lipinski definition) is 3. The molecule has 1 fully saturated rings. The molecule has 2 atom stereocenters. The fraction of sp³-hybridized carbons (Fsp3) is 0.750. The van der Waals surface area contributed by atoms with Gasteiger partial charge in [0.1, 0.15) is 0 Å². The first-order valence-electron chi connectivity index (χ1n) is 6.19. The molecule has 0 aromatic carbocycles. The quantitative estimate of drug-likeness (QED) is 0.829. The van der Waals surface area contributed by atoms with E-state index < -0.39 is 0 Å². The van der Waals surface area contributed by atoms with Crippen molar-refractivity contribution in [3.05, 3.63) is 18.0 Å². The average Bonchev–Trinajstić information content (AvgIpc) is 2.89. The van der Waals surface area contributed by atoms with Crippen molar-refractivity contribution < 1.29 is 4.74 Å². The van der Waals surface area contributed by atoms with Gasteiger partial charge in [-0.2, -0.15) is 5.10 Å². The Balaban J connectivity index is 1.89. The zero-order valence-corrected chi connectivity index (χ0v) is 9.93. The highest BCUT2D eigenvalue weighted by molar-refractivity contribution is 5.10. The largest absolute Gasteiger partial charge is 0.378 e. The summed E-state index contributed by atoms with van der Waals surface area (Å²) in [5.41, 5.74) is 7.28. The number of hydrogen-bond donors (Lipinski definition) is 1. The van der Waals surface area contributed by atoms with Crippen LogP contribution in [0.15, 0.2) is 12.4 Å². The Kier molecular flexibility index (Phi) is 3.96. The van der Waals surface area contributed by atoms with Crippen LogP contribution in [0, 0.1) is 0 Å². The van der Waals surface area contributed by atoms with Gasteiger partial charge in [0.2, 0.25) is 0 Å². The molecule has 1 aromatic heterocycles. The van der Waals surface area contributed by atoms with E-state index in [4.69, 9.17) is 10.5 Å². The molecule has 1 aliphatic heterocycles. The first-order chi connectivity index (χ1) is 7.79. The molecule has 2 unspecified atom stereocenters. The van der Waals surface area contributed by atoms with Gasteiger partial charge in [-0.25, -0.2) is 0 Å². The van der Waals surface area contributed by atoms with Crippen LogP contribution < -0.4 is 5.73 Å². The summed E-state index contributed by atoms with van der Waals surface area (Å²) in [7, 11) is 0. The normalized spacial score (nSPS) is 22.5. The molecule has 2 rings (SSSR count). The highest BCUT2D eigenvalue weighted by atomic mass is 16.5. The van der Waals surface area contributed by atoms with Crippen molar-refractivity contribution in [2.75, 3.05) is 6.61 Å². The lowest BCUT2D eigenvalue weighted by Crippen LogP contribution is -2.17. The van der Waals surface area contributed by atoms with Gasteiger partial charge in [-0.05, 0) is 25.7 Å². The lowest BCUT2D eigenvalue weighted by Gasteiger charge is -2.14. The Morgan fingerprint density at radius 2 is 2.56 bits per heavy atom. The molecule has 0 spiro atoms. The first kappa shape index (κ1) is 11.6. The Hall–Kier alpha value is -0.870. The van der Waals surface area contributed by atoms with Gasteiger partial charge >= 0.3 is 0 Å². The molecule has 0 saturated carbocycles. The van der Waals surface area contributed by atoms with Crippen molar-refractivity contribution in [3.63, 3.8) is 0 Å². The molecule has 4 nitrogen and oxygen atoms in total. The van der Waals surface area contributed by atoms with Gasteiger partial charge in [0.05, 0.1) is 12.3 Å². The minimum absolute atomic E-state index is 0.0636. The minimum Gasteiger partial charge on any atom is -0.378 e. The number of aryl methyl sites for hydroxylation is 1. The predicted octanol–water partition coefficient (Wildman–Crippen LogP) is 1.86. The van der Waals surface area contributed by atoms with Crippen LogP contribution in [0.25, 0.3) is 0 Å². The highest BCUT2D eigenvalue weighted by Crippen LogP contribution is 2.23. The molecule has 2 N–H and O–H groups in total. The van der Waals surface area contributed by atoms with Crippen molar-refractivity contribution in [3.8, 4) is 0 Å². The fourth-order valence-electron chi connectivity index (χ4n) is 2.17. The van der Waals surface area contributed by atoms with Crippen LogP contribution in [0.3, 0.4) is 0 Å². The van der Waals surface area contributed by atoms with E-state index in [0.717, 1.165) is 38.0 Å². The Bertz CT molecular complexity index is 318. The summed E-state index contributed by atoms with van der Waals surface area (Å²) in [4.78, 5) is 0. The first-order valence-corrected chi connectivity index (χ1v) is 6.19. The summed E-state index contributed by atoms with van der Waals surface area (Å²) in [6, 6.07) is 0.0636. The number of rotatable bonds is 5. The van der Waals surface area contributed by atoms with Crippen molar-refractivity contribution in [1.29, 1.82) is 0 Å². The molecule has 0 bridgehead atoms. The summed E-state index contributed by atoms with van der Waals surface area (Å²) in [5, 5.41) is 4.30. The van der Waals surface area contributed by atoms with Crippen LogP contribution in [0.2, 0.25) is 0 Å². The second-order valence-electron chi connectivity index (χ2n) is 4.51. The minimum atomic E-state index is 0.0636. The van der Waals surface area contributed by atoms with Crippen molar-refractivity contribution in [2.45, 2.75) is 51.3 Å². The zero-order valence-electron chi connectivity index (χ0n) is 9.93. The second kappa shape index (κ2) is 5.46. The number of aromatic nitrogens is 2. The monoisotopic (exact) mass is 223 g/mol. The molecule has 4 heteroatoms. The summed E-state index contributed by atoms with van der Waals surface area (Å²) in [5.74, 6) is 0. The second-order valence-corrected chi connectivity index (χ2v) is 4.51. The topological polar surface area (TPSA) is 53.1 Å². The standard InChI is InChI=1S/C12H21N3O/c1-2-5-15-9-10(8-14-15)12(13)7-11-4-3-6-16-11/h8-9,11-12H,2-7,13H2,1H3. The molecule has 1 aliphatic rings. The van der Waals surface area contributed by atoms with Crippen LogP contribution >= 0.6 is 0 Å². The number of nitrogens with zero attached hydrogens (tertiary/aromatic N) is 2. The molecule has 0 amide bonds. The van der Waals surface area contributed by atoms with E-state index in [-0.39, 0.29) is 6.04 Å². The van der Waals surface area contributed by atoms with E-state index in [0.29, 0.717) is 6.10 Å². The predicted molar refractivity (Wildman–Crippen MR) is 63.0 cm³/mol. The average molecular weight is 223 g/mol. The lowest BCUT2D eigenvalue weighted by molar-refractivity contribution is 0.0983. The summed E-state index contributed by atoms with van der Waals surface area (Å²) >= 11 is 0. The summed E-state index contributed by atoms with van der Waals surface area (Å²) in [6.45, 7) is 4.01. The molecule has 0 radical (unpaired) electrons. The van der Waals surface area contributed by atoms with Crippen molar-refractivity contribution >= 4 is 0 Å². The van der Waals surface area contributed by atoms with Gasteiger partial charge in [-0.3, -0.25) is 4.68 Å². The van der Waals surface area contributed by atoms with Gasteiger partial charge in [-0.15, -0.1) is 0 Å². The number of ether oxygens (including phenoxy) is 1. The van der Waals surface area contributed by atoms with Crippen molar-refractivity contribution in [2.24, 2.45) is 5.73 Å². The van der Waals surface area contributed by atoms with Gasteiger partial charge in [0, 0.05) is 31.0 Å². The van der Waals surface area contributed by atoms with E-state index in [1.54, 1.807) is 0 Å².